The van der Waals surface area contributed by atoms with E-state index in [1.807, 2.05) is 0 Å². The first-order valence-electron chi connectivity index (χ1n) is 4.01. The van der Waals surface area contributed by atoms with Crippen LogP contribution in [0.25, 0.3) is 0 Å². The van der Waals surface area contributed by atoms with E-state index in [1.165, 1.54) is 0 Å². The molecule has 1 rings (SSSR count). The minimum absolute atomic E-state index is 0.222. The van der Waals surface area contributed by atoms with Gasteiger partial charge >= 0.3 is 0 Å². The maximum absolute atomic E-state index is 10.6. The van der Waals surface area contributed by atoms with E-state index in [2.05, 4.69) is 15.3 Å². The molecule has 72 valence electrons. The fraction of sp³-hybridized carbons (Fsp3) is 0.500. The summed E-state index contributed by atoms with van der Waals surface area (Å²) in [4.78, 5) is 17.4. The number of nitrogens with one attached hydrogen (secondary N) is 2. The number of carbonyl (C=O) groups excluding carboxylic acids is 1. The minimum Gasteiger partial charge on any atom is -0.370 e. The van der Waals surface area contributed by atoms with Crippen molar-refractivity contribution in [2.45, 2.75) is 12.5 Å². The highest BCUT2D eigenvalue weighted by Gasteiger charge is 2.07. The number of carbonyl (C=O) groups is 1. The van der Waals surface area contributed by atoms with E-state index in [-0.39, 0.29) is 6.04 Å². The van der Waals surface area contributed by atoms with E-state index in [4.69, 9.17) is 4.74 Å². The van der Waals surface area contributed by atoms with Gasteiger partial charge in [-0.05, 0) is 0 Å². The second-order valence-corrected chi connectivity index (χ2v) is 2.66. The number of hydrogen-bond donors (Lipinski definition) is 2. The van der Waals surface area contributed by atoms with Crippen LogP contribution in [0.2, 0.25) is 0 Å². The SMILES string of the molecule is COCN[C@@H](C=O)Cc1cnc[nH]1. The Labute approximate surface area is 76.5 Å². The van der Waals surface area contributed by atoms with Crippen molar-refractivity contribution in [3.05, 3.63) is 18.2 Å². The summed E-state index contributed by atoms with van der Waals surface area (Å²) in [5.41, 5.74) is 0.931. The summed E-state index contributed by atoms with van der Waals surface area (Å²) in [5.74, 6) is 0. The van der Waals surface area contributed by atoms with E-state index in [1.54, 1.807) is 19.6 Å². The highest BCUT2D eigenvalue weighted by molar-refractivity contribution is 5.58. The Morgan fingerprint density at radius 2 is 2.69 bits per heavy atom. The van der Waals surface area contributed by atoms with Gasteiger partial charge in [-0.25, -0.2) is 4.98 Å². The molecule has 5 heteroatoms. The number of nitrogens with zero attached hydrogens (tertiary/aromatic N) is 1. The number of aromatic amines is 1. The maximum Gasteiger partial charge on any atom is 0.137 e. The summed E-state index contributed by atoms with van der Waals surface area (Å²) in [6.07, 6.45) is 4.76. The second-order valence-electron chi connectivity index (χ2n) is 2.66. The molecule has 5 nitrogen and oxygen atoms in total. The molecule has 0 saturated carbocycles. The average Bonchev–Trinajstić information content (AvgIpc) is 2.64. The van der Waals surface area contributed by atoms with Gasteiger partial charge in [0.15, 0.2) is 0 Å². The summed E-state index contributed by atoms with van der Waals surface area (Å²) in [7, 11) is 1.57. The largest absolute Gasteiger partial charge is 0.370 e. The van der Waals surface area contributed by atoms with Crippen molar-refractivity contribution in [1.82, 2.24) is 15.3 Å². The molecule has 0 amide bonds. The quantitative estimate of drug-likeness (QED) is 0.470. The Morgan fingerprint density at radius 3 is 3.23 bits per heavy atom. The number of ether oxygens (including phenoxy) is 1. The van der Waals surface area contributed by atoms with Crippen molar-refractivity contribution in [3.63, 3.8) is 0 Å². The van der Waals surface area contributed by atoms with Gasteiger partial charge in [-0.2, -0.15) is 0 Å². The van der Waals surface area contributed by atoms with Crippen LogP contribution in [-0.2, 0) is 16.0 Å². The first-order chi connectivity index (χ1) is 6.36. The Morgan fingerprint density at radius 1 is 1.85 bits per heavy atom. The van der Waals surface area contributed by atoms with Crippen LogP contribution in [0.1, 0.15) is 5.69 Å². The zero-order chi connectivity index (χ0) is 9.52. The van der Waals surface area contributed by atoms with Gasteiger partial charge in [-0.1, -0.05) is 0 Å². The van der Waals surface area contributed by atoms with Crippen LogP contribution in [0.15, 0.2) is 12.5 Å². The summed E-state index contributed by atoms with van der Waals surface area (Å²) < 4.78 is 4.80. The fourth-order valence-electron chi connectivity index (χ4n) is 0.992. The molecular weight excluding hydrogens is 170 g/mol. The Balaban J connectivity index is 2.35. The topological polar surface area (TPSA) is 67.0 Å². The zero-order valence-electron chi connectivity index (χ0n) is 7.49. The molecule has 0 aliphatic rings. The number of H-pyrrole nitrogens is 1. The molecule has 2 N–H and O–H groups in total. The van der Waals surface area contributed by atoms with Crippen molar-refractivity contribution < 1.29 is 9.53 Å². The maximum atomic E-state index is 10.6. The molecule has 0 radical (unpaired) electrons. The lowest BCUT2D eigenvalue weighted by molar-refractivity contribution is -0.110. The molecule has 1 atom stereocenters. The normalized spacial score (nSPS) is 12.7. The van der Waals surface area contributed by atoms with Gasteiger partial charge in [-0.3, -0.25) is 5.32 Å². The van der Waals surface area contributed by atoms with Crippen LogP contribution in [0, 0.1) is 0 Å². The third-order valence-corrected chi connectivity index (χ3v) is 1.65. The molecular formula is C8H13N3O2. The standard InChI is InChI=1S/C8H13N3O2/c1-13-6-11-8(4-12)2-7-3-9-5-10-7/h3-5,8,11H,2,6H2,1H3,(H,9,10)/t8-/m1/s1. The van der Waals surface area contributed by atoms with Crippen LogP contribution in [0.3, 0.4) is 0 Å². The lowest BCUT2D eigenvalue weighted by atomic mass is 10.2. The Hall–Kier alpha value is -1.20. The van der Waals surface area contributed by atoms with Gasteiger partial charge < -0.3 is 14.5 Å². The number of aromatic nitrogens is 2. The molecule has 1 aromatic heterocycles. The highest BCUT2D eigenvalue weighted by Crippen LogP contribution is 1.95. The van der Waals surface area contributed by atoms with Gasteiger partial charge in [0.2, 0.25) is 0 Å². The van der Waals surface area contributed by atoms with Gasteiger partial charge in [0.1, 0.15) is 6.29 Å². The van der Waals surface area contributed by atoms with Crippen LogP contribution < -0.4 is 5.32 Å². The molecule has 0 aliphatic carbocycles. The first-order valence-corrected chi connectivity index (χ1v) is 4.01. The molecule has 0 fully saturated rings. The summed E-state index contributed by atoms with van der Waals surface area (Å²) in [6.45, 7) is 0.373. The van der Waals surface area contributed by atoms with Crippen molar-refractivity contribution >= 4 is 6.29 Å². The van der Waals surface area contributed by atoms with Crippen LogP contribution >= 0.6 is 0 Å². The number of aldehydes is 1. The zero-order valence-corrected chi connectivity index (χ0v) is 7.49. The van der Waals surface area contributed by atoms with E-state index in [0.717, 1.165) is 12.0 Å². The van der Waals surface area contributed by atoms with Gasteiger partial charge in [0.25, 0.3) is 0 Å². The van der Waals surface area contributed by atoms with Crippen molar-refractivity contribution in [1.29, 1.82) is 0 Å². The van der Waals surface area contributed by atoms with Crippen molar-refractivity contribution in [2.75, 3.05) is 13.8 Å². The van der Waals surface area contributed by atoms with E-state index in [9.17, 15) is 4.79 Å². The predicted octanol–water partition coefficient (Wildman–Crippen LogP) is -0.287. The molecule has 0 unspecified atom stereocenters. The van der Waals surface area contributed by atoms with Gasteiger partial charge in [-0.15, -0.1) is 0 Å². The molecule has 1 aromatic rings. The second kappa shape index (κ2) is 5.45. The van der Waals surface area contributed by atoms with Crippen LogP contribution in [0.4, 0.5) is 0 Å². The lowest BCUT2D eigenvalue weighted by Crippen LogP contribution is -2.34. The Kier molecular flexibility index (Phi) is 4.14. The Bertz CT molecular complexity index is 236. The van der Waals surface area contributed by atoms with Crippen LogP contribution in [0.5, 0.6) is 0 Å². The molecule has 13 heavy (non-hydrogen) atoms. The molecule has 0 saturated heterocycles. The van der Waals surface area contributed by atoms with Gasteiger partial charge in [0, 0.05) is 25.4 Å². The lowest BCUT2D eigenvalue weighted by Gasteiger charge is -2.09. The minimum atomic E-state index is -0.222. The number of hydrogen-bond acceptors (Lipinski definition) is 4. The van der Waals surface area contributed by atoms with Crippen LogP contribution in [-0.4, -0.2) is 36.1 Å². The van der Waals surface area contributed by atoms with E-state index in [0.29, 0.717) is 13.2 Å². The van der Waals surface area contributed by atoms with E-state index < -0.39 is 0 Å². The molecule has 0 bridgehead atoms. The van der Waals surface area contributed by atoms with Crippen molar-refractivity contribution in [3.8, 4) is 0 Å². The number of methoxy groups -OCH3 is 1. The fourth-order valence-corrected chi connectivity index (χ4v) is 0.992. The average molecular weight is 183 g/mol. The summed E-state index contributed by atoms with van der Waals surface area (Å²) >= 11 is 0. The van der Waals surface area contributed by atoms with Gasteiger partial charge in [0.05, 0.1) is 19.1 Å². The molecule has 1 heterocycles. The molecule has 0 spiro atoms. The monoisotopic (exact) mass is 183 g/mol. The molecule has 0 aromatic carbocycles. The third-order valence-electron chi connectivity index (χ3n) is 1.65. The predicted molar refractivity (Wildman–Crippen MR) is 47.2 cm³/mol. The third kappa shape index (κ3) is 3.35. The first kappa shape index (κ1) is 9.88. The molecule has 0 aliphatic heterocycles. The van der Waals surface area contributed by atoms with Crippen molar-refractivity contribution in [2.24, 2.45) is 0 Å². The van der Waals surface area contributed by atoms with E-state index >= 15 is 0 Å². The smallest absolute Gasteiger partial charge is 0.137 e. The number of rotatable bonds is 6. The number of imidazole rings is 1. The summed E-state index contributed by atoms with van der Waals surface area (Å²) in [5, 5.41) is 2.92. The highest BCUT2D eigenvalue weighted by atomic mass is 16.5. The summed E-state index contributed by atoms with van der Waals surface area (Å²) in [6, 6.07) is -0.222.